The van der Waals surface area contributed by atoms with Gasteiger partial charge in [0.25, 0.3) is 0 Å². The third kappa shape index (κ3) is 3.93. The molecule has 2 nitrogen and oxygen atoms in total. The van der Waals surface area contributed by atoms with Crippen molar-refractivity contribution >= 4 is 15.9 Å². The highest BCUT2D eigenvalue weighted by Crippen LogP contribution is 2.22. The molecule has 2 heterocycles. The topological polar surface area (TPSA) is 6.48 Å². The molecule has 0 aromatic heterocycles. The van der Waals surface area contributed by atoms with Gasteiger partial charge in [0.05, 0.1) is 0 Å². The molecule has 0 saturated carbocycles. The molecule has 100 valence electrons. The molecule has 0 amide bonds. The zero-order chi connectivity index (χ0) is 12.1. The van der Waals surface area contributed by atoms with Crippen LogP contribution in [0.4, 0.5) is 0 Å². The third-order valence-corrected chi connectivity index (χ3v) is 5.25. The fourth-order valence-corrected chi connectivity index (χ4v) is 3.90. The van der Waals surface area contributed by atoms with Gasteiger partial charge >= 0.3 is 0 Å². The molecule has 0 N–H and O–H groups in total. The quantitative estimate of drug-likeness (QED) is 0.696. The van der Waals surface area contributed by atoms with Gasteiger partial charge in [0.2, 0.25) is 0 Å². The van der Waals surface area contributed by atoms with Crippen LogP contribution in [-0.2, 0) is 0 Å². The van der Waals surface area contributed by atoms with Gasteiger partial charge in [-0.3, -0.25) is 4.90 Å². The van der Waals surface area contributed by atoms with Gasteiger partial charge in [-0.15, -0.1) is 0 Å². The molecule has 0 spiro atoms. The average Bonchev–Trinajstić information content (AvgIpc) is 2.98. The molecule has 0 radical (unpaired) electrons. The van der Waals surface area contributed by atoms with E-state index in [-0.39, 0.29) is 0 Å². The van der Waals surface area contributed by atoms with Crippen LogP contribution in [0.15, 0.2) is 0 Å². The molecule has 2 aliphatic heterocycles. The Morgan fingerprint density at radius 3 is 2.65 bits per heavy atom. The second-order valence-electron chi connectivity index (χ2n) is 5.75. The minimum absolute atomic E-state index is 0.859. The highest BCUT2D eigenvalue weighted by Gasteiger charge is 2.29. The van der Waals surface area contributed by atoms with Gasteiger partial charge < -0.3 is 4.90 Å². The van der Waals surface area contributed by atoms with Gasteiger partial charge in [0.1, 0.15) is 0 Å². The van der Waals surface area contributed by atoms with Crippen LogP contribution < -0.4 is 0 Å². The average molecular weight is 303 g/mol. The van der Waals surface area contributed by atoms with E-state index >= 15 is 0 Å². The second kappa shape index (κ2) is 7.10. The van der Waals surface area contributed by atoms with Crippen molar-refractivity contribution < 1.29 is 0 Å². The van der Waals surface area contributed by atoms with E-state index in [4.69, 9.17) is 0 Å². The zero-order valence-electron chi connectivity index (χ0n) is 11.2. The first-order valence-electron chi connectivity index (χ1n) is 7.35. The molecule has 0 aliphatic carbocycles. The monoisotopic (exact) mass is 302 g/mol. The Bertz CT molecular complexity index is 216. The van der Waals surface area contributed by atoms with Crippen LogP contribution in [0, 0.1) is 5.92 Å². The Morgan fingerprint density at radius 2 is 2.00 bits per heavy atom. The summed E-state index contributed by atoms with van der Waals surface area (Å²) in [6.07, 6.45) is 6.95. The molecule has 2 aliphatic rings. The van der Waals surface area contributed by atoms with E-state index in [2.05, 4.69) is 32.7 Å². The molecule has 0 aromatic carbocycles. The first-order valence-corrected chi connectivity index (χ1v) is 8.48. The first kappa shape index (κ1) is 13.8. The summed E-state index contributed by atoms with van der Waals surface area (Å²) >= 11 is 3.67. The summed E-state index contributed by atoms with van der Waals surface area (Å²) < 4.78 is 0. The van der Waals surface area contributed by atoms with E-state index in [9.17, 15) is 0 Å². The summed E-state index contributed by atoms with van der Waals surface area (Å²) in [7, 11) is 0. The first-order chi connectivity index (χ1) is 8.33. The normalized spacial score (nSPS) is 28.9. The van der Waals surface area contributed by atoms with Crippen LogP contribution in [0.1, 0.15) is 39.0 Å². The van der Waals surface area contributed by atoms with Gasteiger partial charge in [-0.25, -0.2) is 0 Å². The van der Waals surface area contributed by atoms with Crippen LogP contribution in [0.2, 0.25) is 0 Å². The number of halogens is 1. The lowest BCUT2D eigenvalue weighted by Crippen LogP contribution is -2.36. The molecule has 0 bridgehead atoms. The lowest BCUT2D eigenvalue weighted by Gasteiger charge is -2.25. The van der Waals surface area contributed by atoms with Crippen molar-refractivity contribution in [1.82, 2.24) is 9.80 Å². The highest BCUT2D eigenvalue weighted by atomic mass is 79.9. The van der Waals surface area contributed by atoms with Crippen molar-refractivity contribution in [2.75, 3.05) is 38.1 Å². The van der Waals surface area contributed by atoms with Crippen molar-refractivity contribution in [3.05, 3.63) is 0 Å². The summed E-state index contributed by atoms with van der Waals surface area (Å²) in [5.41, 5.74) is 0. The maximum Gasteiger partial charge on any atom is 0.0235 e. The van der Waals surface area contributed by atoms with Crippen LogP contribution in [0.3, 0.4) is 0 Å². The van der Waals surface area contributed by atoms with E-state index in [0.717, 1.165) is 12.0 Å². The van der Waals surface area contributed by atoms with Gasteiger partial charge in [0, 0.05) is 24.5 Å². The van der Waals surface area contributed by atoms with E-state index in [1.54, 1.807) is 0 Å². The molecule has 3 heteroatoms. The van der Waals surface area contributed by atoms with Gasteiger partial charge in [-0.1, -0.05) is 29.3 Å². The largest absolute Gasteiger partial charge is 0.301 e. The van der Waals surface area contributed by atoms with Crippen LogP contribution in [0.5, 0.6) is 0 Å². The maximum absolute atomic E-state index is 3.67. The van der Waals surface area contributed by atoms with Crippen molar-refractivity contribution in [2.24, 2.45) is 5.92 Å². The molecular weight excluding hydrogens is 276 g/mol. The number of nitrogens with zero attached hydrogens (tertiary/aromatic N) is 2. The van der Waals surface area contributed by atoms with Gasteiger partial charge in [-0.2, -0.15) is 0 Å². The minimum atomic E-state index is 0.859. The van der Waals surface area contributed by atoms with Crippen LogP contribution >= 0.6 is 15.9 Å². The van der Waals surface area contributed by atoms with Crippen molar-refractivity contribution in [3.63, 3.8) is 0 Å². The second-order valence-corrected chi connectivity index (χ2v) is 6.40. The van der Waals surface area contributed by atoms with Crippen LogP contribution in [-0.4, -0.2) is 53.9 Å². The Balaban J connectivity index is 1.73. The fraction of sp³-hybridized carbons (Fsp3) is 1.00. The summed E-state index contributed by atoms with van der Waals surface area (Å²) in [6, 6.07) is 0.870. The van der Waals surface area contributed by atoms with E-state index in [1.165, 1.54) is 70.2 Å². The predicted molar refractivity (Wildman–Crippen MR) is 77.8 cm³/mol. The van der Waals surface area contributed by atoms with Gasteiger partial charge in [-0.05, 0) is 51.2 Å². The smallest absolute Gasteiger partial charge is 0.0235 e. The predicted octanol–water partition coefficient (Wildman–Crippen LogP) is 2.97. The molecule has 2 fully saturated rings. The van der Waals surface area contributed by atoms with E-state index in [0.29, 0.717) is 0 Å². The summed E-state index contributed by atoms with van der Waals surface area (Å²) in [5, 5.41) is 1.17. The molecule has 2 rings (SSSR count). The zero-order valence-corrected chi connectivity index (χ0v) is 12.8. The van der Waals surface area contributed by atoms with E-state index < -0.39 is 0 Å². The fourth-order valence-electron chi connectivity index (χ4n) is 3.37. The SMILES string of the molecule is CCCC(CBr)CN1CCC(N2CCCC2)C1. The van der Waals surface area contributed by atoms with Crippen LogP contribution in [0.25, 0.3) is 0 Å². The molecule has 2 saturated heterocycles. The molecular formula is C14H27BrN2. The van der Waals surface area contributed by atoms with Crippen molar-refractivity contribution in [3.8, 4) is 0 Å². The standard InChI is InChI=1S/C14H27BrN2/c1-2-5-13(10-15)11-16-9-6-14(12-16)17-7-3-4-8-17/h13-14H,2-12H2,1H3. The minimum Gasteiger partial charge on any atom is -0.301 e. The Labute approximate surface area is 115 Å². The summed E-state index contributed by atoms with van der Waals surface area (Å²) in [5.74, 6) is 0.859. The Kier molecular flexibility index (Phi) is 5.78. The summed E-state index contributed by atoms with van der Waals surface area (Å²) in [4.78, 5) is 5.42. The molecule has 2 unspecified atom stereocenters. The molecule has 17 heavy (non-hydrogen) atoms. The lowest BCUT2D eigenvalue weighted by atomic mass is 10.1. The lowest BCUT2D eigenvalue weighted by molar-refractivity contribution is 0.220. The highest BCUT2D eigenvalue weighted by molar-refractivity contribution is 9.09. The summed E-state index contributed by atoms with van der Waals surface area (Å²) in [6.45, 7) is 8.97. The van der Waals surface area contributed by atoms with Crippen molar-refractivity contribution in [1.29, 1.82) is 0 Å². The number of rotatable bonds is 6. The van der Waals surface area contributed by atoms with Gasteiger partial charge in [0.15, 0.2) is 0 Å². The number of hydrogen-bond acceptors (Lipinski definition) is 2. The Morgan fingerprint density at radius 1 is 1.24 bits per heavy atom. The molecule has 2 atom stereocenters. The Hall–Kier alpha value is 0.400. The van der Waals surface area contributed by atoms with E-state index in [1.807, 2.05) is 0 Å². The maximum atomic E-state index is 3.67. The molecule has 0 aromatic rings. The number of hydrogen-bond donors (Lipinski definition) is 0. The van der Waals surface area contributed by atoms with Crippen molar-refractivity contribution in [2.45, 2.75) is 45.1 Å². The number of alkyl halides is 1. The third-order valence-electron chi connectivity index (χ3n) is 4.34. The number of likely N-dealkylation sites (tertiary alicyclic amines) is 2.